The van der Waals surface area contributed by atoms with E-state index in [9.17, 15) is 4.79 Å². The summed E-state index contributed by atoms with van der Waals surface area (Å²) in [6.45, 7) is 3.67. The van der Waals surface area contributed by atoms with E-state index in [-0.39, 0.29) is 11.8 Å². The summed E-state index contributed by atoms with van der Waals surface area (Å²) in [6, 6.07) is 7.37. The maximum Gasteiger partial charge on any atom is 0.231 e. The van der Waals surface area contributed by atoms with Crippen molar-refractivity contribution >= 4 is 17.5 Å². The van der Waals surface area contributed by atoms with Gasteiger partial charge >= 0.3 is 0 Å². The molecule has 0 unspecified atom stereocenters. The van der Waals surface area contributed by atoms with Gasteiger partial charge in [-0.05, 0) is 49.4 Å². The van der Waals surface area contributed by atoms with E-state index in [2.05, 4.69) is 17.1 Å². The van der Waals surface area contributed by atoms with Gasteiger partial charge in [0, 0.05) is 29.6 Å². The molecule has 6 heteroatoms. The minimum atomic E-state index is 0.130. The predicted molar refractivity (Wildman–Crippen MR) is 90.6 cm³/mol. The van der Waals surface area contributed by atoms with Crippen LogP contribution in [0.2, 0.25) is 5.02 Å². The molecule has 1 saturated carbocycles. The molecule has 1 aliphatic carbocycles. The fraction of sp³-hybridized carbons (Fsp3) is 0.500. The maximum absolute atomic E-state index is 12.5. The molecule has 0 bridgehead atoms. The lowest BCUT2D eigenvalue weighted by molar-refractivity contribution is -0.134. The van der Waals surface area contributed by atoms with Crippen molar-refractivity contribution in [3.63, 3.8) is 0 Å². The first-order valence-electron chi connectivity index (χ1n) is 8.50. The highest BCUT2D eigenvalue weighted by Gasteiger charge is 2.42. The quantitative estimate of drug-likeness (QED) is 0.850. The van der Waals surface area contributed by atoms with Crippen molar-refractivity contribution in [1.82, 2.24) is 15.0 Å². The number of carbonyl (C=O) groups excluding carboxylic acids is 1. The average Bonchev–Trinajstić information content (AvgIpc) is 3.13. The molecule has 126 valence electrons. The number of likely N-dealkylation sites (tertiary alicyclic amines) is 1. The fourth-order valence-corrected chi connectivity index (χ4v) is 3.52. The number of amides is 1. The van der Waals surface area contributed by atoms with Crippen molar-refractivity contribution in [3.05, 3.63) is 35.2 Å². The van der Waals surface area contributed by atoms with Crippen molar-refractivity contribution in [2.45, 2.75) is 32.1 Å². The summed E-state index contributed by atoms with van der Waals surface area (Å²) in [6.07, 6.45) is 2.99. The van der Waals surface area contributed by atoms with Crippen LogP contribution < -0.4 is 0 Å². The van der Waals surface area contributed by atoms with E-state index in [0.717, 1.165) is 31.4 Å². The number of halogens is 1. The van der Waals surface area contributed by atoms with E-state index in [1.807, 2.05) is 29.2 Å². The molecule has 1 amide bonds. The second kappa shape index (κ2) is 6.20. The highest BCUT2D eigenvalue weighted by atomic mass is 35.5. The summed E-state index contributed by atoms with van der Waals surface area (Å²) >= 11 is 5.91. The van der Waals surface area contributed by atoms with Crippen molar-refractivity contribution < 1.29 is 9.32 Å². The van der Waals surface area contributed by atoms with Gasteiger partial charge in [0.1, 0.15) is 0 Å². The largest absolute Gasteiger partial charge is 0.342 e. The molecule has 5 nitrogen and oxygen atoms in total. The molecule has 0 radical (unpaired) electrons. The van der Waals surface area contributed by atoms with Crippen LogP contribution in [0, 0.1) is 11.8 Å². The summed E-state index contributed by atoms with van der Waals surface area (Å²) < 4.78 is 5.48. The molecule has 2 aliphatic rings. The predicted octanol–water partition coefficient (Wildman–Crippen LogP) is 3.75. The Hall–Kier alpha value is -1.88. The Balaban J connectivity index is 1.47. The highest BCUT2D eigenvalue weighted by molar-refractivity contribution is 6.30. The van der Waals surface area contributed by atoms with Crippen molar-refractivity contribution in [2.75, 3.05) is 13.1 Å². The number of piperidine rings is 1. The monoisotopic (exact) mass is 345 g/mol. The molecule has 0 N–H and O–H groups in total. The lowest BCUT2D eigenvalue weighted by Crippen LogP contribution is -2.40. The summed E-state index contributed by atoms with van der Waals surface area (Å²) in [5.74, 6) is 2.39. The molecular formula is C18H20ClN3O2. The first-order valence-corrected chi connectivity index (χ1v) is 8.88. The van der Waals surface area contributed by atoms with Crippen LogP contribution in [0.1, 0.15) is 38.0 Å². The van der Waals surface area contributed by atoms with Crippen LogP contribution in [-0.2, 0) is 4.79 Å². The highest BCUT2D eigenvalue weighted by Crippen LogP contribution is 2.40. The smallest absolute Gasteiger partial charge is 0.231 e. The van der Waals surface area contributed by atoms with Crippen LogP contribution in [0.5, 0.6) is 0 Å². The van der Waals surface area contributed by atoms with Gasteiger partial charge in [0.25, 0.3) is 0 Å². The SMILES string of the molecule is C[C@@H]1C[C@H]1C(=O)N1CCC[C@@H](c2nc(-c3ccc(Cl)cc3)no2)C1. The van der Waals surface area contributed by atoms with Gasteiger partial charge in [-0.15, -0.1) is 0 Å². The van der Waals surface area contributed by atoms with E-state index in [0.29, 0.717) is 35.1 Å². The van der Waals surface area contributed by atoms with Crippen LogP contribution in [0.3, 0.4) is 0 Å². The number of hydrogen-bond acceptors (Lipinski definition) is 4. The number of nitrogens with zero attached hydrogens (tertiary/aromatic N) is 3. The molecule has 1 aliphatic heterocycles. The molecule has 2 heterocycles. The molecule has 24 heavy (non-hydrogen) atoms. The molecule has 4 rings (SSSR count). The minimum Gasteiger partial charge on any atom is -0.342 e. The Kier molecular flexibility index (Phi) is 4.04. The van der Waals surface area contributed by atoms with Gasteiger partial charge in [-0.2, -0.15) is 4.98 Å². The van der Waals surface area contributed by atoms with Gasteiger partial charge in [0.15, 0.2) is 0 Å². The second-order valence-corrected chi connectivity index (χ2v) is 7.34. The van der Waals surface area contributed by atoms with E-state index >= 15 is 0 Å². The number of hydrogen-bond donors (Lipinski definition) is 0. The molecule has 0 spiro atoms. The minimum absolute atomic E-state index is 0.130. The third-order valence-corrected chi connectivity index (χ3v) is 5.31. The van der Waals surface area contributed by atoms with Crippen LogP contribution >= 0.6 is 11.6 Å². The normalized spacial score (nSPS) is 26.4. The number of aromatic nitrogens is 2. The molecule has 2 fully saturated rings. The fourth-order valence-electron chi connectivity index (χ4n) is 3.40. The zero-order valence-electron chi connectivity index (χ0n) is 13.6. The van der Waals surface area contributed by atoms with Gasteiger partial charge in [-0.3, -0.25) is 4.79 Å². The Labute approximate surface area is 146 Å². The van der Waals surface area contributed by atoms with Crippen LogP contribution in [0.4, 0.5) is 0 Å². The van der Waals surface area contributed by atoms with Gasteiger partial charge in [-0.1, -0.05) is 23.7 Å². The number of carbonyl (C=O) groups is 1. The standard InChI is InChI=1S/C18H20ClN3O2/c1-11-9-15(11)18(23)22-8-2-3-13(10-22)17-20-16(21-24-17)12-4-6-14(19)7-5-12/h4-7,11,13,15H,2-3,8-10H2,1H3/t11-,13-,15-/m1/s1. The first-order chi connectivity index (χ1) is 11.6. The molecular weight excluding hydrogens is 326 g/mol. The topological polar surface area (TPSA) is 59.2 Å². The molecule has 1 aromatic heterocycles. The van der Waals surface area contributed by atoms with Crippen LogP contribution in [-0.4, -0.2) is 34.0 Å². The zero-order chi connectivity index (χ0) is 16.7. The Morgan fingerprint density at radius 3 is 2.79 bits per heavy atom. The van der Waals surface area contributed by atoms with E-state index in [4.69, 9.17) is 16.1 Å². The lowest BCUT2D eigenvalue weighted by atomic mass is 9.97. The first kappa shape index (κ1) is 15.6. The van der Waals surface area contributed by atoms with Gasteiger partial charge < -0.3 is 9.42 Å². The Bertz CT molecular complexity index is 743. The summed E-state index contributed by atoms with van der Waals surface area (Å²) in [4.78, 5) is 19.0. The van der Waals surface area contributed by atoms with E-state index < -0.39 is 0 Å². The third-order valence-electron chi connectivity index (χ3n) is 5.05. The van der Waals surface area contributed by atoms with Crippen LogP contribution in [0.25, 0.3) is 11.4 Å². The number of rotatable bonds is 3. The zero-order valence-corrected chi connectivity index (χ0v) is 14.4. The summed E-state index contributed by atoms with van der Waals surface area (Å²) in [5.41, 5.74) is 0.880. The average molecular weight is 346 g/mol. The van der Waals surface area contributed by atoms with Gasteiger partial charge in [0.2, 0.25) is 17.6 Å². The van der Waals surface area contributed by atoms with E-state index in [1.54, 1.807) is 0 Å². The van der Waals surface area contributed by atoms with Crippen molar-refractivity contribution in [1.29, 1.82) is 0 Å². The van der Waals surface area contributed by atoms with Gasteiger partial charge in [-0.25, -0.2) is 0 Å². The molecule has 2 aromatic rings. The van der Waals surface area contributed by atoms with Crippen molar-refractivity contribution in [2.24, 2.45) is 11.8 Å². The molecule has 1 aromatic carbocycles. The Morgan fingerprint density at radius 2 is 2.08 bits per heavy atom. The third kappa shape index (κ3) is 3.05. The van der Waals surface area contributed by atoms with Crippen molar-refractivity contribution in [3.8, 4) is 11.4 Å². The lowest BCUT2D eigenvalue weighted by Gasteiger charge is -2.31. The second-order valence-electron chi connectivity index (χ2n) is 6.91. The Morgan fingerprint density at radius 1 is 1.33 bits per heavy atom. The van der Waals surface area contributed by atoms with E-state index in [1.165, 1.54) is 0 Å². The number of benzene rings is 1. The van der Waals surface area contributed by atoms with Gasteiger partial charge in [0.05, 0.1) is 5.92 Å². The molecule has 1 saturated heterocycles. The summed E-state index contributed by atoms with van der Waals surface area (Å²) in [5, 5.41) is 4.77. The maximum atomic E-state index is 12.5. The van der Waals surface area contributed by atoms with Crippen LogP contribution in [0.15, 0.2) is 28.8 Å². The molecule has 3 atom stereocenters. The summed E-state index contributed by atoms with van der Waals surface area (Å²) in [7, 11) is 0.